The second-order valence-electron chi connectivity index (χ2n) is 11.7. The Balaban J connectivity index is 1.22. The Hall–Kier alpha value is -3.38. The summed E-state index contributed by atoms with van der Waals surface area (Å²) in [5.74, 6) is 1.15. The zero-order chi connectivity index (χ0) is 27.7. The fourth-order valence-corrected chi connectivity index (χ4v) is 6.82. The summed E-state index contributed by atoms with van der Waals surface area (Å²) in [4.78, 5) is 23.8. The first-order valence-corrected chi connectivity index (χ1v) is 14.7. The molecule has 40 heavy (non-hydrogen) atoms. The number of unbranched alkanes of at least 4 members (excludes halogenated alkanes) is 1. The van der Waals surface area contributed by atoms with Crippen LogP contribution in [0, 0.1) is 17.7 Å². The molecule has 2 unspecified atom stereocenters. The molecule has 3 aliphatic rings. The van der Waals surface area contributed by atoms with Crippen molar-refractivity contribution in [2.75, 3.05) is 19.7 Å². The average molecular weight is 540 g/mol. The zero-order valence-corrected chi connectivity index (χ0v) is 23.4. The maximum atomic E-state index is 13.6. The number of carbonyl (C=O) groups excluding carboxylic acids is 1. The summed E-state index contributed by atoms with van der Waals surface area (Å²) in [6.45, 7) is 8.88. The number of piperidine rings is 1. The first-order chi connectivity index (χ1) is 19.4. The number of nitrogens with zero attached hydrogens (tertiary/aromatic N) is 3. The number of hydrogen-bond acceptors (Lipinski definition) is 5. The first kappa shape index (κ1) is 26.8. The van der Waals surface area contributed by atoms with Gasteiger partial charge in [0.2, 0.25) is 0 Å². The van der Waals surface area contributed by atoms with Gasteiger partial charge in [0.25, 0.3) is 0 Å². The predicted octanol–water partition coefficient (Wildman–Crippen LogP) is 7.16. The van der Waals surface area contributed by atoms with Crippen LogP contribution < -0.4 is 0 Å². The van der Waals surface area contributed by atoms with Gasteiger partial charge in [0.1, 0.15) is 11.6 Å². The second kappa shape index (κ2) is 11.2. The number of ketones is 1. The van der Waals surface area contributed by atoms with Gasteiger partial charge in [-0.05, 0) is 99.7 Å². The summed E-state index contributed by atoms with van der Waals surface area (Å²) in [6.07, 6.45) is 12.2. The molecule has 2 aromatic carbocycles. The monoisotopic (exact) mass is 539 g/mol. The summed E-state index contributed by atoms with van der Waals surface area (Å²) in [5.41, 5.74) is 6.17. The van der Waals surface area contributed by atoms with Crippen molar-refractivity contribution in [3.8, 4) is 11.3 Å². The van der Waals surface area contributed by atoms with Crippen LogP contribution >= 0.6 is 0 Å². The fraction of sp³-hybridized carbons (Fsp3) is 0.441. The van der Waals surface area contributed by atoms with Crippen LogP contribution in [0.5, 0.6) is 0 Å². The van der Waals surface area contributed by atoms with E-state index >= 15 is 0 Å². The van der Waals surface area contributed by atoms with Gasteiger partial charge in [-0.15, -0.1) is 0 Å². The number of rotatable bonds is 8. The van der Waals surface area contributed by atoms with Crippen LogP contribution in [0.3, 0.4) is 0 Å². The topological polar surface area (TPSA) is 55.3 Å². The zero-order valence-electron chi connectivity index (χ0n) is 23.4. The second-order valence-corrected chi connectivity index (χ2v) is 11.7. The fourth-order valence-electron chi connectivity index (χ4n) is 6.82. The minimum atomic E-state index is -0.276. The molecule has 0 bridgehead atoms. The molecule has 6 rings (SSSR count). The largest absolute Gasteiger partial charge is 0.374 e. The Kier molecular flexibility index (Phi) is 7.54. The van der Waals surface area contributed by atoms with E-state index in [0.29, 0.717) is 24.7 Å². The molecule has 2 saturated heterocycles. The van der Waals surface area contributed by atoms with Crippen molar-refractivity contribution in [2.45, 2.75) is 63.9 Å². The summed E-state index contributed by atoms with van der Waals surface area (Å²) >= 11 is 0. The predicted molar refractivity (Wildman–Crippen MR) is 157 cm³/mol. The van der Waals surface area contributed by atoms with Gasteiger partial charge >= 0.3 is 0 Å². The Morgan fingerprint density at radius 2 is 1.90 bits per heavy atom. The van der Waals surface area contributed by atoms with Crippen molar-refractivity contribution in [3.05, 3.63) is 78.3 Å². The standard InChI is InChI=1S/C34H38FN3O2/c1-23(39)7-3-6-10-31-33(25-11-14-28(35)15-12-25)37-30-16-13-26(21-32(30)36-31)24(2)38-19-17-34(18-20-38)29-9-5-4-8-27(29)22-40-34/h5,9,11-16,21,27,29H,2-4,6-8,10,17-20,22H2,1H3. The molecular formula is C34H38FN3O2. The van der Waals surface area contributed by atoms with E-state index in [2.05, 4.69) is 35.8 Å². The van der Waals surface area contributed by atoms with Gasteiger partial charge in [0.05, 0.1) is 34.6 Å². The van der Waals surface area contributed by atoms with Crippen LogP contribution in [-0.4, -0.2) is 45.9 Å². The van der Waals surface area contributed by atoms with Crippen LogP contribution in [0.4, 0.5) is 4.39 Å². The van der Waals surface area contributed by atoms with E-state index in [1.807, 2.05) is 6.07 Å². The minimum Gasteiger partial charge on any atom is -0.374 e. The Bertz CT molecular complexity index is 1440. The molecule has 0 amide bonds. The van der Waals surface area contributed by atoms with Gasteiger partial charge in [0.15, 0.2) is 0 Å². The average Bonchev–Trinajstić information content (AvgIpc) is 3.33. The summed E-state index contributed by atoms with van der Waals surface area (Å²) < 4.78 is 20.1. The van der Waals surface area contributed by atoms with E-state index in [4.69, 9.17) is 14.7 Å². The van der Waals surface area contributed by atoms with Crippen molar-refractivity contribution in [3.63, 3.8) is 0 Å². The first-order valence-electron chi connectivity index (χ1n) is 14.7. The molecule has 2 aliphatic heterocycles. The van der Waals surface area contributed by atoms with E-state index in [0.717, 1.165) is 84.6 Å². The van der Waals surface area contributed by atoms with Gasteiger partial charge in [-0.3, -0.25) is 0 Å². The Labute approximate surface area is 236 Å². The van der Waals surface area contributed by atoms with E-state index in [1.165, 1.54) is 25.0 Å². The number of carbonyl (C=O) groups is 1. The van der Waals surface area contributed by atoms with Gasteiger partial charge in [0, 0.05) is 36.7 Å². The van der Waals surface area contributed by atoms with E-state index < -0.39 is 0 Å². The van der Waals surface area contributed by atoms with Crippen molar-refractivity contribution in [1.82, 2.24) is 14.9 Å². The molecule has 208 valence electrons. The maximum absolute atomic E-state index is 13.6. The molecule has 3 aromatic rings. The van der Waals surface area contributed by atoms with Gasteiger partial charge in [-0.2, -0.15) is 0 Å². The lowest BCUT2D eigenvalue weighted by Gasteiger charge is -2.44. The molecule has 5 nitrogen and oxygen atoms in total. The highest BCUT2D eigenvalue weighted by Gasteiger charge is 2.50. The molecule has 0 radical (unpaired) electrons. The highest BCUT2D eigenvalue weighted by molar-refractivity contribution is 5.82. The number of benzene rings is 2. The number of halogens is 1. The molecule has 2 atom stereocenters. The molecule has 1 aromatic heterocycles. The number of allylic oxidation sites excluding steroid dienone is 1. The van der Waals surface area contributed by atoms with Crippen molar-refractivity contribution < 1.29 is 13.9 Å². The van der Waals surface area contributed by atoms with Crippen molar-refractivity contribution in [1.29, 1.82) is 0 Å². The number of aromatic nitrogens is 2. The van der Waals surface area contributed by atoms with Crippen LogP contribution in [-0.2, 0) is 16.0 Å². The quantitative estimate of drug-likeness (QED) is 0.225. The van der Waals surface area contributed by atoms with Crippen LogP contribution in [0.25, 0.3) is 28.0 Å². The van der Waals surface area contributed by atoms with Crippen LogP contribution in [0.15, 0.2) is 61.2 Å². The van der Waals surface area contributed by atoms with Crippen LogP contribution in [0.1, 0.15) is 63.1 Å². The number of fused-ring (bicyclic) bond motifs is 3. The number of Topliss-reactive ketones (excluding diaryl/α,β-unsaturated/α-hetero) is 1. The number of likely N-dealkylation sites (tertiary alicyclic amines) is 1. The van der Waals surface area contributed by atoms with Gasteiger partial charge in [-0.25, -0.2) is 14.4 Å². The normalized spacial score (nSPS) is 21.6. The smallest absolute Gasteiger partial charge is 0.129 e. The molecule has 0 N–H and O–H groups in total. The third kappa shape index (κ3) is 5.34. The third-order valence-electron chi connectivity index (χ3n) is 9.12. The minimum absolute atomic E-state index is 0.0126. The van der Waals surface area contributed by atoms with Gasteiger partial charge in [-0.1, -0.05) is 24.8 Å². The lowest BCUT2D eigenvalue weighted by Crippen LogP contribution is -2.47. The molecular weight excluding hydrogens is 501 g/mol. The van der Waals surface area contributed by atoms with Crippen molar-refractivity contribution in [2.24, 2.45) is 11.8 Å². The molecule has 1 aliphatic carbocycles. The summed E-state index contributed by atoms with van der Waals surface area (Å²) in [7, 11) is 0. The lowest BCUT2D eigenvalue weighted by atomic mass is 9.72. The van der Waals surface area contributed by atoms with Gasteiger partial charge < -0.3 is 14.4 Å². The highest BCUT2D eigenvalue weighted by Crippen LogP contribution is 2.48. The Morgan fingerprint density at radius 3 is 2.67 bits per heavy atom. The SMILES string of the molecule is C=C(c1ccc2nc(-c3ccc(F)cc3)c(CCCCC(C)=O)nc2c1)N1CCC2(CC1)OCC1CCC=CC12. The highest BCUT2D eigenvalue weighted by atomic mass is 19.1. The molecule has 3 heterocycles. The lowest BCUT2D eigenvalue weighted by molar-refractivity contribution is -0.117. The Morgan fingerprint density at radius 1 is 1.10 bits per heavy atom. The third-order valence-corrected chi connectivity index (χ3v) is 9.12. The van der Waals surface area contributed by atoms with E-state index in [-0.39, 0.29) is 17.2 Å². The molecule has 1 spiro atoms. The molecule has 2 fully saturated rings. The summed E-state index contributed by atoms with van der Waals surface area (Å²) in [6, 6.07) is 12.6. The van der Waals surface area contributed by atoms with Crippen LogP contribution in [0.2, 0.25) is 0 Å². The number of aryl methyl sites for hydroxylation is 1. The molecule has 6 heteroatoms. The van der Waals surface area contributed by atoms with E-state index in [1.54, 1.807) is 19.1 Å². The summed E-state index contributed by atoms with van der Waals surface area (Å²) in [5, 5.41) is 0. The number of ether oxygens (including phenoxy) is 1. The maximum Gasteiger partial charge on any atom is 0.129 e. The van der Waals surface area contributed by atoms with Crippen molar-refractivity contribution >= 4 is 22.5 Å². The number of hydrogen-bond donors (Lipinski definition) is 0. The van der Waals surface area contributed by atoms with E-state index in [9.17, 15) is 9.18 Å². The molecule has 0 saturated carbocycles.